The first kappa shape index (κ1) is 17.9. The molecular formula is C19H28N4O2. The molecule has 0 radical (unpaired) electrons. The molecule has 6 nitrogen and oxygen atoms in total. The Labute approximate surface area is 149 Å². The molecule has 1 atom stereocenters. The van der Waals surface area contributed by atoms with Crippen molar-refractivity contribution < 1.29 is 9.90 Å². The Morgan fingerprint density at radius 3 is 2.68 bits per heavy atom. The summed E-state index contributed by atoms with van der Waals surface area (Å²) in [4.78, 5) is 14.4. The highest BCUT2D eigenvalue weighted by atomic mass is 16.3. The van der Waals surface area contributed by atoms with Crippen LogP contribution in [-0.2, 0) is 11.3 Å². The number of piperidine rings is 1. The van der Waals surface area contributed by atoms with Crippen molar-refractivity contribution in [3.05, 3.63) is 35.9 Å². The number of aliphatic hydroxyl groups excluding tert-OH is 1. The van der Waals surface area contributed by atoms with Crippen molar-refractivity contribution in [3.63, 3.8) is 0 Å². The highest BCUT2D eigenvalue weighted by Gasteiger charge is 2.25. The molecule has 25 heavy (non-hydrogen) atoms. The Morgan fingerprint density at radius 1 is 1.28 bits per heavy atom. The molecule has 0 aliphatic carbocycles. The third-order valence-electron chi connectivity index (χ3n) is 5.05. The number of rotatable bonds is 5. The number of amidine groups is 1. The molecule has 2 aliphatic rings. The van der Waals surface area contributed by atoms with E-state index >= 15 is 0 Å². The van der Waals surface area contributed by atoms with E-state index in [2.05, 4.69) is 34.4 Å². The second-order valence-electron chi connectivity index (χ2n) is 7.13. The number of carbonyl (C=O) groups excluding carboxylic acids is 1. The Morgan fingerprint density at radius 2 is 2.00 bits per heavy atom. The molecule has 1 amide bonds. The lowest BCUT2D eigenvalue weighted by Gasteiger charge is -2.30. The Bertz CT molecular complexity index is 597. The predicted molar refractivity (Wildman–Crippen MR) is 97.9 cm³/mol. The van der Waals surface area contributed by atoms with Gasteiger partial charge >= 0.3 is 0 Å². The van der Waals surface area contributed by atoms with Gasteiger partial charge in [0.2, 0.25) is 5.91 Å². The van der Waals surface area contributed by atoms with Crippen molar-refractivity contribution in [2.45, 2.75) is 38.8 Å². The Balaban J connectivity index is 1.47. The minimum absolute atomic E-state index is 0.00922. The van der Waals surface area contributed by atoms with E-state index in [4.69, 9.17) is 0 Å². The molecule has 6 heteroatoms. The average molecular weight is 344 g/mol. The van der Waals surface area contributed by atoms with Gasteiger partial charge in [-0.1, -0.05) is 30.3 Å². The van der Waals surface area contributed by atoms with Crippen LogP contribution >= 0.6 is 0 Å². The van der Waals surface area contributed by atoms with Crippen molar-refractivity contribution in [2.24, 2.45) is 11.0 Å². The zero-order valence-electron chi connectivity index (χ0n) is 14.9. The topological polar surface area (TPSA) is 68.2 Å². The molecule has 3 rings (SSSR count). The van der Waals surface area contributed by atoms with Gasteiger partial charge < -0.3 is 10.4 Å². The summed E-state index contributed by atoms with van der Waals surface area (Å²) in [6.07, 6.45) is 2.70. The summed E-state index contributed by atoms with van der Waals surface area (Å²) in [5.41, 5.74) is 1.22. The first-order valence-electron chi connectivity index (χ1n) is 9.15. The van der Waals surface area contributed by atoms with E-state index in [1.807, 2.05) is 23.2 Å². The highest BCUT2D eigenvalue weighted by Crippen LogP contribution is 2.18. The number of likely N-dealkylation sites (tertiary alicyclic amines) is 1. The number of hydrazone groups is 1. The lowest BCUT2D eigenvalue weighted by Crippen LogP contribution is -2.43. The monoisotopic (exact) mass is 344 g/mol. The average Bonchev–Trinajstić information content (AvgIpc) is 2.95. The first-order valence-corrected chi connectivity index (χ1v) is 9.15. The number of aliphatic hydroxyl groups is 1. The van der Waals surface area contributed by atoms with E-state index in [1.54, 1.807) is 0 Å². The van der Waals surface area contributed by atoms with Crippen LogP contribution in [0.2, 0.25) is 0 Å². The van der Waals surface area contributed by atoms with Gasteiger partial charge in [0.25, 0.3) is 0 Å². The Hall–Kier alpha value is -1.92. The SMILES string of the molecule is CC1CC(NC(=O)CN2CCC(CO)CC2)=NN1Cc1ccccc1. The number of amides is 1. The zero-order valence-corrected chi connectivity index (χ0v) is 14.9. The molecule has 136 valence electrons. The van der Waals surface area contributed by atoms with Gasteiger partial charge in [-0.25, -0.2) is 0 Å². The summed E-state index contributed by atoms with van der Waals surface area (Å²) in [5.74, 6) is 1.17. The van der Waals surface area contributed by atoms with Crippen LogP contribution in [-0.4, -0.2) is 59.0 Å². The lowest BCUT2D eigenvalue weighted by atomic mass is 9.98. The Kier molecular flexibility index (Phi) is 6.04. The molecule has 0 spiro atoms. The molecule has 1 fully saturated rings. The molecule has 1 aromatic carbocycles. The van der Waals surface area contributed by atoms with E-state index in [-0.39, 0.29) is 18.6 Å². The normalized spacial score (nSPS) is 22.1. The molecular weight excluding hydrogens is 316 g/mol. The van der Waals surface area contributed by atoms with Crippen molar-refractivity contribution >= 4 is 11.7 Å². The molecule has 1 unspecified atom stereocenters. The maximum absolute atomic E-state index is 12.3. The first-order chi connectivity index (χ1) is 12.1. The molecule has 1 saturated heterocycles. The van der Waals surface area contributed by atoms with Gasteiger partial charge in [-0.05, 0) is 44.3 Å². The summed E-state index contributed by atoms with van der Waals surface area (Å²) in [7, 11) is 0. The molecule has 0 bridgehead atoms. The van der Waals surface area contributed by atoms with E-state index < -0.39 is 0 Å². The van der Waals surface area contributed by atoms with E-state index in [1.165, 1.54) is 5.56 Å². The van der Waals surface area contributed by atoms with Gasteiger partial charge in [0.1, 0.15) is 5.84 Å². The van der Waals surface area contributed by atoms with Crippen LogP contribution in [0.5, 0.6) is 0 Å². The second-order valence-corrected chi connectivity index (χ2v) is 7.13. The second kappa shape index (κ2) is 8.45. The molecule has 2 aliphatic heterocycles. The van der Waals surface area contributed by atoms with Gasteiger partial charge in [-0.15, -0.1) is 0 Å². The number of hydrogen-bond acceptors (Lipinski definition) is 5. The molecule has 0 aromatic heterocycles. The maximum Gasteiger partial charge on any atom is 0.239 e. The summed E-state index contributed by atoms with van der Waals surface area (Å²) in [6, 6.07) is 10.5. The quantitative estimate of drug-likeness (QED) is 0.848. The number of carbonyl (C=O) groups is 1. The summed E-state index contributed by atoms with van der Waals surface area (Å²) in [5, 5.41) is 18.8. The minimum atomic E-state index is 0.00922. The smallest absolute Gasteiger partial charge is 0.239 e. The van der Waals surface area contributed by atoms with Crippen LogP contribution in [0.3, 0.4) is 0 Å². The molecule has 2 N–H and O–H groups in total. The fraction of sp³-hybridized carbons (Fsp3) is 0.579. The van der Waals surface area contributed by atoms with Crippen LogP contribution in [0, 0.1) is 5.92 Å². The summed E-state index contributed by atoms with van der Waals surface area (Å²) < 4.78 is 0. The molecule has 0 saturated carbocycles. The van der Waals surface area contributed by atoms with Crippen LogP contribution in [0.1, 0.15) is 31.7 Å². The fourth-order valence-corrected chi connectivity index (χ4v) is 3.45. The molecule has 1 aromatic rings. The van der Waals surface area contributed by atoms with E-state index in [9.17, 15) is 9.90 Å². The number of hydrogen-bond donors (Lipinski definition) is 2. The van der Waals surface area contributed by atoms with Gasteiger partial charge in [-0.2, -0.15) is 5.10 Å². The summed E-state index contributed by atoms with van der Waals surface area (Å²) >= 11 is 0. The zero-order chi connectivity index (χ0) is 17.6. The number of nitrogens with one attached hydrogen (secondary N) is 1. The van der Waals surface area contributed by atoms with Crippen molar-refractivity contribution in [1.82, 2.24) is 15.2 Å². The highest BCUT2D eigenvalue weighted by molar-refractivity contribution is 5.99. The van der Waals surface area contributed by atoms with Crippen LogP contribution in [0.15, 0.2) is 35.4 Å². The lowest BCUT2D eigenvalue weighted by molar-refractivity contribution is -0.121. The standard InChI is InChI=1S/C19H28N4O2/c1-15-11-18(21-23(15)12-16-5-3-2-4-6-16)20-19(25)13-22-9-7-17(14-24)8-10-22/h2-6,15,17,24H,7-14H2,1H3,(H,20,21,25). The van der Waals surface area contributed by atoms with Gasteiger partial charge in [0.05, 0.1) is 19.1 Å². The van der Waals surface area contributed by atoms with Crippen molar-refractivity contribution in [1.29, 1.82) is 0 Å². The number of nitrogens with zero attached hydrogens (tertiary/aromatic N) is 3. The van der Waals surface area contributed by atoms with Gasteiger partial charge in [-0.3, -0.25) is 14.7 Å². The summed E-state index contributed by atoms with van der Waals surface area (Å²) in [6.45, 7) is 5.31. The number of benzene rings is 1. The van der Waals surface area contributed by atoms with Crippen LogP contribution < -0.4 is 5.32 Å². The van der Waals surface area contributed by atoms with Crippen molar-refractivity contribution in [3.8, 4) is 0 Å². The van der Waals surface area contributed by atoms with Crippen LogP contribution in [0.25, 0.3) is 0 Å². The fourth-order valence-electron chi connectivity index (χ4n) is 3.45. The predicted octanol–water partition coefficient (Wildman–Crippen LogP) is 1.41. The third-order valence-corrected chi connectivity index (χ3v) is 5.05. The van der Waals surface area contributed by atoms with Crippen LogP contribution in [0.4, 0.5) is 0 Å². The minimum Gasteiger partial charge on any atom is -0.396 e. The van der Waals surface area contributed by atoms with E-state index in [0.717, 1.165) is 44.7 Å². The van der Waals surface area contributed by atoms with Crippen molar-refractivity contribution in [2.75, 3.05) is 26.2 Å². The molecule has 2 heterocycles. The maximum atomic E-state index is 12.3. The van der Waals surface area contributed by atoms with E-state index in [0.29, 0.717) is 12.5 Å². The largest absolute Gasteiger partial charge is 0.396 e. The van der Waals surface area contributed by atoms with Gasteiger partial charge in [0, 0.05) is 13.0 Å². The third kappa shape index (κ3) is 5.03. The van der Waals surface area contributed by atoms with Gasteiger partial charge in [0.15, 0.2) is 0 Å².